The molecule has 0 aliphatic carbocycles. The van der Waals surface area contributed by atoms with Crippen LogP contribution >= 0.6 is 0 Å². The van der Waals surface area contributed by atoms with Crippen LogP contribution in [0.1, 0.15) is 5.56 Å². The van der Waals surface area contributed by atoms with E-state index in [0.29, 0.717) is 17.2 Å². The smallest absolute Gasteiger partial charge is 0.275 e. The van der Waals surface area contributed by atoms with E-state index in [-0.39, 0.29) is 12.2 Å². The molecule has 0 saturated carbocycles. The molecule has 23 heavy (non-hydrogen) atoms. The van der Waals surface area contributed by atoms with Crippen LogP contribution in [-0.4, -0.2) is 34.4 Å². The number of hydrogen-bond acceptors (Lipinski definition) is 6. The van der Waals surface area contributed by atoms with Crippen molar-refractivity contribution in [3.63, 3.8) is 0 Å². The molecule has 0 bridgehead atoms. The SMILES string of the molecule is Cc1ccc(Oc2cc(NCC(O)CO)cc([N+](=O)[O-])c2)cc1. The van der Waals surface area contributed by atoms with Gasteiger partial charge in [-0.05, 0) is 19.1 Å². The zero-order valence-electron chi connectivity index (χ0n) is 12.6. The van der Waals surface area contributed by atoms with Gasteiger partial charge in [0.05, 0.1) is 23.7 Å². The predicted octanol–water partition coefficient (Wildman–Crippen LogP) is 2.46. The van der Waals surface area contributed by atoms with Gasteiger partial charge in [0.25, 0.3) is 5.69 Å². The predicted molar refractivity (Wildman–Crippen MR) is 85.9 cm³/mol. The first kappa shape index (κ1) is 16.7. The highest BCUT2D eigenvalue weighted by molar-refractivity contribution is 5.57. The summed E-state index contributed by atoms with van der Waals surface area (Å²) in [5, 5.41) is 32.0. The lowest BCUT2D eigenvalue weighted by atomic mass is 10.2. The number of benzene rings is 2. The summed E-state index contributed by atoms with van der Waals surface area (Å²) in [6.07, 6.45) is -0.948. The third kappa shape index (κ3) is 4.94. The molecule has 3 N–H and O–H groups in total. The number of rotatable bonds is 7. The van der Waals surface area contributed by atoms with Crippen LogP contribution in [0, 0.1) is 17.0 Å². The standard InChI is InChI=1S/C16H18N2O5/c1-11-2-4-15(5-3-11)23-16-7-12(17-9-14(20)10-19)6-13(8-16)18(21)22/h2-8,14,17,19-20H,9-10H2,1H3. The molecule has 1 unspecified atom stereocenters. The van der Waals surface area contributed by atoms with Gasteiger partial charge < -0.3 is 20.3 Å². The minimum Gasteiger partial charge on any atom is -0.457 e. The average molecular weight is 318 g/mol. The molecule has 0 saturated heterocycles. The summed E-state index contributed by atoms with van der Waals surface area (Å²) in [6.45, 7) is 1.63. The molecular weight excluding hydrogens is 300 g/mol. The fourth-order valence-corrected chi connectivity index (χ4v) is 1.89. The third-order valence-corrected chi connectivity index (χ3v) is 3.11. The lowest BCUT2D eigenvalue weighted by Crippen LogP contribution is -2.22. The van der Waals surface area contributed by atoms with Crippen LogP contribution in [0.3, 0.4) is 0 Å². The Morgan fingerprint density at radius 1 is 1.22 bits per heavy atom. The average Bonchev–Trinajstić information content (AvgIpc) is 2.54. The van der Waals surface area contributed by atoms with Crippen molar-refractivity contribution < 1.29 is 19.9 Å². The molecule has 122 valence electrons. The Kier molecular flexibility index (Phi) is 5.51. The molecule has 0 radical (unpaired) electrons. The number of non-ortho nitro benzene ring substituents is 1. The number of anilines is 1. The van der Waals surface area contributed by atoms with E-state index in [1.54, 1.807) is 18.2 Å². The van der Waals surface area contributed by atoms with Crippen molar-refractivity contribution in [3.8, 4) is 11.5 Å². The molecule has 0 aromatic heterocycles. The van der Waals surface area contributed by atoms with Crippen molar-refractivity contribution in [1.29, 1.82) is 0 Å². The number of nitrogens with one attached hydrogen (secondary N) is 1. The largest absolute Gasteiger partial charge is 0.457 e. The number of nitrogens with zero attached hydrogens (tertiary/aromatic N) is 1. The van der Waals surface area contributed by atoms with Crippen LogP contribution in [0.5, 0.6) is 11.5 Å². The molecule has 0 spiro atoms. The van der Waals surface area contributed by atoms with E-state index in [9.17, 15) is 15.2 Å². The molecule has 2 aromatic rings. The van der Waals surface area contributed by atoms with Gasteiger partial charge in [0.15, 0.2) is 0 Å². The Balaban J connectivity index is 2.21. The Morgan fingerprint density at radius 2 is 1.91 bits per heavy atom. The number of aliphatic hydroxyl groups is 2. The molecule has 2 aromatic carbocycles. The van der Waals surface area contributed by atoms with Crippen molar-refractivity contribution in [2.24, 2.45) is 0 Å². The number of aliphatic hydroxyl groups excluding tert-OH is 2. The highest BCUT2D eigenvalue weighted by Gasteiger charge is 2.12. The maximum Gasteiger partial charge on any atom is 0.275 e. The van der Waals surface area contributed by atoms with Gasteiger partial charge in [0.2, 0.25) is 0 Å². The van der Waals surface area contributed by atoms with E-state index in [1.165, 1.54) is 12.1 Å². The zero-order valence-corrected chi connectivity index (χ0v) is 12.6. The summed E-state index contributed by atoms with van der Waals surface area (Å²) in [5.74, 6) is 0.876. The molecule has 0 heterocycles. The van der Waals surface area contributed by atoms with Gasteiger partial charge in [-0.2, -0.15) is 0 Å². The van der Waals surface area contributed by atoms with E-state index in [1.807, 2.05) is 19.1 Å². The summed E-state index contributed by atoms with van der Waals surface area (Å²) in [5.41, 5.74) is 1.38. The van der Waals surface area contributed by atoms with Crippen LogP contribution in [0.4, 0.5) is 11.4 Å². The molecule has 0 amide bonds. The second kappa shape index (κ2) is 7.57. The summed E-state index contributed by atoms with van der Waals surface area (Å²) in [4.78, 5) is 10.5. The summed E-state index contributed by atoms with van der Waals surface area (Å²) >= 11 is 0. The summed E-state index contributed by atoms with van der Waals surface area (Å²) < 4.78 is 5.64. The van der Waals surface area contributed by atoms with Gasteiger partial charge in [-0.25, -0.2) is 0 Å². The van der Waals surface area contributed by atoms with Crippen molar-refractivity contribution in [3.05, 3.63) is 58.1 Å². The van der Waals surface area contributed by atoms with Crippen LogP contribution in [0.15, 0.2) is 42.5 Å². The second-order valence-corrected chi connectivity index (χ2v) is 5.11. The molecule has 0 aliphatic rings. The third-order valence-electron chi connectivity index (χ3n) is 3.11. The molecular formula is C16H18N2O5. The highest BCUT2D eigenvalue weighted by Crippen LogP contribution is 2.29. The molecule has 2 rings (SSSR count). The topological polar surface area (TPSA) is 105 Å². The molecule has 7 nitrogen and oxygen atoms in total. The van der Waals surface area contributed by atoms with Gasteiger partial charge in [0, 0.05) is 24.4 Å². The summed E-state index contributed by atoms with van der Waals surface area (Å²) in [6, 6.07) is 11.6. The molecule has 0 aliphatic heterocycles. The van der Waals surface area contributed by atoms with Gasteiger partial charge in [-0.1, -0.05) is 17.7 Å². The first-order chi connectivity index (χ1) is 11.0. The lowest BCUT2D eigenvalue weighted by molar-refractivity contribution is -0.384. The second-order valence-electron chi connectivity index (χ2n) is 5.11. The monoisotopic (exact) mass is 318 g/mol. The Morgan fingerprint density at radius 3 is 2.52 bits per heavy atom. The van der Waals surface area contributed by atoms with Gasteiger partial charge in [0.1, 0.15) is 11.5 Å². The maximum atomic E-state index is 11.0. The van der Waals surface area contributed by atoms with E-state index >= 15 is 0 Å². The number of aryl methyl sites for hydroxylation is 1. The van der Waals surface area contributed by atoms with Crippen molar-refractivity contribution in [1.82, 2.24) is 0 Å². The van der Waals surface area contributed by atoms with Crippen molar-refractivity contribution in [2.75, 3.05) is 18.5 Å². The first-order valence-electron chi connectivity index (χ1n) is 7.04. The van der Waals surface area contributed by atoms with Crippen LogP contribution in [-0.2, 0) is 0 Å². The number of nitro benzene ring substituents is 1. The van der Waals surface area contributed by atoms with E-state index in [4.69, 9.17) is 9.84 Å². The van der Waals surface area contributed by atoms with Crippen LogP contribution < -0.4 is 10.1 Å². The van der Waals surface area contributed by atoms with E-state index < -0.39 is 17.6 Å². The minimum absolute atomic E-state index is 0.0711. The lowest BCUT2D eigenvalue weighted by Gasteiger charge is -2.12. The van der Waals surface area contributed by atoms with E-state index in [2.05, 4.69) is 5.32 Å². The van der Waals surface area contributed by atoms with E-state index in [0.717, 1.165) is 5.56 Å². The van der Waals surface area contributed by atoms with Crippen LogP contribution in [0.25, 0.3) is 0 Å². The molecule has 0 fully saturated rings. The number of hydrogen-bond donors (Lipinski definition) is 3. The Hall–Kier alpha value is -2.64. The van der Waals surface area contributed by atoms with Gasteiger partial charge in [-0.15, -0.1) is 0 Å². The van der Waals surface area contributed by atoms with Crippen LogP contribution in [0.2, 0.25) is 0 Å². The highest BCUT2D eigenvalue weighted by atomic mass is 16.6. The fourth-order valence-electron chi connectivity index (χ4n) is 1.89. The minimum atomic E-state index is -0.948. The number of nitro groups is 1. The zero-order chi connectivity index (χ0) is 16.8. The van der Waals surface area contributed by atoms with Gasteiger partial charge >= 0.3 is 0 Å². The number of ether oxygens (including phenoxy) is 1. The quantitative estimate of drug-likeness (QED) is 0.535. The fraction of sp³-hybridized carbons (Fsp3) is 0.250. The Bertz CT molecular complexity index is 673. The van der Waals surface area contributed by atoms with Crippen molar-refractivity contribution >= 4 is 11.4 Å². The van der Waals surface area contributed by atoms with Crippen molar-refractivity contribution in [2.45, 2.75) is 13.0 Å². The maximum absolute atomic E-state index is 11.0. The normalized spacial score (nSPS) is 11.8. The molecule has 7 heteroatoms. The Labute approximate surface area is 133 Å². The summed E-state index contributed by atoms with van der Waals surface area (Å²) in [7, 11) is 0. The van der Waals surface area contributed by atoms with Gasteiger partial charge in [-0.3, -0.25) is 10.1 Å². The molecule has 1 atom stereocenters. The first-order valence-corrected chi connectivity index (χ1v) is 7.04.